The fraction of sp³-hybridized carbons (Fsp3) is 0.238. The van der Waals surface area contributed by atoms with Crippen LogP contribution in [0.1, 0.15) is 5.56 Å². The number of anilines is 3. The van der Waals surface area contributed by atoms with E-state index < -0.39 is 0 Å². The maximum absolute atomic E-state index is 6.12. The Kier molecular flexibility index (Phi) is 5.39. The lowest BCUT2D eigenvalue weighted by Gasteiger charge is -2.36. The summed E-state index contributed by atoms with van der Waals surface area (Å²) in [6, 6.07) is 20.4. The summed E-state index contributed by atoms with van der Waals surface area (Å²) in [5.41, 5.74) is 2.41. The minimum atomic E-state index is 0.750. The van der Waals surface area contributed by atoms with Gasteiger partial charge in [0.2, 0.25) is 0 Å². The summed E-state index contributed by atoms with van der Waals surface area (Å²) in [4.78, 5) is 13.5. The van der Waals surface area contributed by atoms with Crippen LogP contribution in [0.5, 0.6) is 0 Å². The van der Waals surface area contributed by atoms with Crippen LogP contribution in [0.2, 0.25) is 5.02 Å². The van der Waals surface area contributed by atoms with Gasteiger partial charge in [-0.25, -0.2) is 9.97 Å². The highest BCUT2D eigenvalue weighted by Gasteiger charge is 2.19. The van der Waals surface area contributed by atoms with E-state index in [0.717, 1.165) is 49.4 Å². The van der Waals surface area contributed by atoms with Crippen molar-refractivity contribution in [2.45, 2.75) is 6.54 Å². The lowest BCUT2D eigenvalue weighted by atomic mass is 10.2. The van der Waals surface area contributed by atoms with Gasteiger partial charge in [0.15, 0.2) is 0 Å². The summed E-state index contributed by atoms with van der Waals surface area (Å²) >= 11 is 6.12. The summed E-state index contributed by atoms with van der Waals surface area (Å²) in [7, 11) is 0. The second kappa shape index (κ2) is 8.27. The quantitative estimate of drug-likeness (QED) is 0.724. The van der Waals surface area contributed by atoms with Crippen molar-refractivity contribution in [3.05, 3.63) is 77.6 Å². The molecular formula is C21H22ClN5. The Balaban J connectivity index is 1.37. The second-order valence-corrected chi connectivity index (χ2v) is 6.99. The minimum Gasteiger partial charge on any atom is -0.368 e. The number of rotatable bonds is 5. The molecule has 3 aromatic rings. The molecule has 6 heteroatoms. The molecule has 138 valence electrons. The van der Waals surface area contributed by atoms with Gasteiger partial charge in [-0.2, -0.15) is 0 Å². The molecule has 1 fully saturated rings. The van der Waals surface area contributed by atoms with Gasteiger partial charge in [0.1, 0.15) is 18.0 Å². The summed E-state index contributed by atoms with van der Waals surface area (Å²) in [5, 5.41) is 4.16. The Labute approximate surface area is 164 Å². The van der Waals surface area contributed by atoms with E-state index in [-0.39, 0.29) is 0 Å². The molecule has 1 saturated heterocycles. The van der Waals surface area contributed by atoms with Crippen molar-refractivity contribution in [2.24, 2.45) is 0 Å². The van der Waals surface area contributed by atoms with E-state index in [4.69, 9.17) is 11.6 Å². The van der Waals surface area contributed by atoms with Crippen molar-refractivity contribution in [3.63, 3.8) is 0 Å². The molecule has 1 aliphatic heterocycles. The van der Waals surface area contributed by atoms with Gasteiger partial charge in [0.05, 0.1) is 0 Å². The molecule has 0 bridgehead atoms. The summed E-state index contributed by atoms with van der Waals surface area (Å²) in [5.74, 6) is 1.81. The van der Waals surface area contributed by atoms with E-state index in [1.165, 1.54) is 11.3 Å². The van der Waals surface area contributed by atoms with Crippen LogP contribution in [-0.2, 0) is 6.54 Å². The largest absolute Gasteiger partial charge is 0.368 e. The molecule has 0 amide bonds. The number of hydrogen-bond donors (Lipinski definition) is 1. The molecule has 0 aliphatic carbocycles. The fourth-order valence-corrected chi connectivity index (χ4v) is 3.46. The van der Waals surface area contributed by atoms with Gasteiger partial charge in [-0.3, -0.25) is 0 Å². The van der Waals surface area contributed by atoms with Gasteiger partial charge >= 0.3 is 0 Å². The van der Waals surface area contributed by atoms with E-state index in [1.807, 2.05) is 42.5 Å². The van der Waals surface area contributed by atoms with Crippen LogP contribution in [0, 0.1) is 0 Å². The van der Waals surface area contributed by atoms with Crippen LogP contribution < -0.4 is 15.1 Å². The maximum Gasteiger partial charge on any atom is 0.134 e. The number of nitrogens with one attached hydrogen (secondary N) is 1. The number of benzene rings is 2. The Morgan fingerprint density at radius 2 is 1.63 bits per heavy atom. The van der Waals surface area contributed by atoms with Gasteiger partial charge in [-0.1, -0.05) is 48.0 Å². The van der Waals surface area contributed by atoms with Gasteiger partial charge in [0, 0.05) is 49.5 Å². The van der Waals surface area contributed by atoms with E-state index in [1.54, 1.807) is 6.33 Å². The molecule has 5 nitrogen and oxygen atoms in total. The van der Waals surface area contributed by atoms with Crippen molar-refractivity contribution in [1.82, 2.24) is 9.97 Å². The van der Waals surface area contributed by atoms with Gasteiger partial charge in [-0.05, 0) is 23.8 Å². The predicted octanol–water partition coefficient (Wildman–Crippen LogP) is 4.07. The Bertz CT molecular complexity index is 879. The number of aromatic nitrogens is 2. The molecule has 0 atom stereocenters. The van der Waals surface area contributed by atoms with Gasteiger partial charge < -0.3 is 15.1 Å². The van der Waals surface area contributed by atoms with Crippen molar-refractivity contribution in [3.8, 4) is 0 Å². The number of hydrogen-bond acceptors (Lipinski definition) is 5. The van der Waals surface area contributed by atoms with Gasteiger partial charge in [0.25, 0.3) is 0 Å². The highest BCUT2D eigenvalue weighted by atomic mass is 35.5. The zero-order valence-electron chi connectivity index (χ0n) is 15.1. The van der Waals surface area contributed by atoms with Crippen LogP contribution in [0.25, 0.3) is 0 Å². The van der Waals surface area contributed by atoms with E-state index in [2.05, 4.69) is 43.3 Å². The first-order valence-corrected chi connectivity index (χ1v) is 9.51. The average Bonchev–Trinajstić information content (AvgIpc) is 2.73. The zero-order valence-corrected chi connectivity index (χ0v) is 15.8. The first-order chi connectivity index (χ1) is 13.3. The van der Waals surface area contributed by atoms with Crippen LogP contribution in [-0.4, -0.2) is 36.1 Å². The SMILES string of the molecule is Clc1cccc(N2CCN(c3cc(NCc4ccccc4)ncn3)CC2)c1. The molecule has 1 N–H and O–H groups in total. The third-order valence-electron chi connectivity index (χ3n) is 4.75. The maximum atomic E-state index is 6.12. The molecule has 0 spiro atoms. The van der Waals surface area contributed by atoms with Crippen molar-refractivity contribution < 1.29 is 0 Å². The summed E-state index contributed by atoms with van der Waals surface area (Å²) in [6.07, 6.45) is 1.63. The lowest BCUT2D eigenvalue weighted by molar-refractivity contribution is 0.647. The normalized spacial score (nSPS) is 14.3. The fourth-order valence-electron chi connectivity index (χ4n) is 3.27. The monoisotopic (exact) mass is 379 g/mol. The predicted molar refractivity (Wildman–Crippen MR) is 112 cm³/mol. The third-order valence-corrected chi connectivity index (χ3v) is 4.98. The van der Waals surface area contributed by atoms with Crippen LogP contribution in [0.15, 0.2) is 67.0 Å². The zero-order chi connectivity index (χ0) is 18.5. The van der Waals surface area contributed by atoms with E-state index in [0.29, 0.717) is 0 Å². The molecule has 4 rings (SSSR count). The molecule has 27 heavy (non-hydrogen) atoms. The van der Waals surface area contributed by atoms with Gasteiger partial charge in [-0.15, -0.1) is 0 Å². The average molecular weight is 380 g/mol. The van der Waals surface area contributed by atoms with Crippen LogP contribution >= 0.6 is 11.6 Å². The van der Waals surface area contributed by atoms with E-state index >= 15 is 0 Å². The highest BCUT2D eigenvalue weighted by Crippen LogP contribution is 2.23. The topological polar surface area (TPSA) is 44.3 Å². The first-order valence-electron chi connectivity index (χ1n) is 9.13. The second-order valence-electron chi connectivity index (χ2n) is 6.55. The smallest absolute Gasteiger partial charge is 0.134 e. The van der Waals surface area contributed by atoms with Crippen molar-refractivity contribution in [1.29, 1.82) is 0 Å². The third kappa shape index (κ3) is 4.49. The summed E-state index contributed by atoms with van der Waals surface area (Å²) in [6.45, 7) is 4.47. The Hall–Kier alpha value is -2.79. The van der Waals surface area contributed by atoms with Crippen LogP contribution in [0.4, 0.5) is 17.3 Å². The van der Waals surface area contributed by atoms with Crippen LogP contribution in [0.3, 0.4) is 0 Å². The lowest BCUT2D eigenvalue weighted by Crippen LogP contribution is -2.46. The Morgan fingerprint density at radius 3 is 2.41 bits per heavy atom. The molecule has 2 aromatic carbocycles. The molecular weight excluding hydrogens is 358 g/mol. The molecule has 0 radical (unpaired) electrons. The molecule has 2 heterocycles. The number of halogens is 1. The first kappa shape index (κ1) is 17.6. The molecule has 1 aromatic heterocycles. The number of nitrogens with zero attached hydrogens (tertiary/aromatic N) is 4. The highest BCUT2D eigenvalue weighted by molar-refractivity contribution is 6.30. The summed E-state index contributed by atoms with van der Waals surface area (Å²) < 4.78 is 0. The van der Waals surface area contributed by atoms with Crippen molar-refractivity contribution in [2.75, 3.05) is 41.3 Å². The number of piperazine rings is 1. The molecule has 1 aliphatic rings. The van der Waals surface area contributed by atoms with Crippen molar-refractivity contribution >= 4 is 28.9 Å². The Morgan fingerprint density at radius 1 is 0.852 bits per heavy atom. The molecule has 0 unspecified atom stereocenters. The standard InChI is InChI=1S/C21H22ClN5/c22-18-7-4-8-19(13-18)26-9-11-27(12-10-26)21-14-20(24-16-25-21)23-15-17-5-2-1-3-6-17/h1-8,13-14,16H,9-12,15H2,(H,23,24,25). The minimum absolute atomic E-state index is 0.750. The van der Waals surface area contributed by atoms with E-state index in [9.17, 15) is 0 Å². The molecule has 0 saturated carbocycles.